The number of aromatic amines is 1. The van der Waals surface area contributed by atoms with E-state index >= 15 is 0 Å². The van der Waals surface area contributed by atoms with Gasteiger partial charge in [0.1, 0.15) is 10.8 Å². The van der Waals surface area contributed by atoms with E-state index in [-0.39, 0.29) is 11.4 Å². The van der Waals surface area contributed by atoms with Crippen LogP contribution in [-0.4, -0.2) is 15.0 Å². The standard InChI is InChI=1S/C9H8BrN5OS/c10-5-1-4(11)3-13-8(5)17-9-14-6(12)2-7(16)15-9/h1-3H,11H2,(H3,12,14,15,16). The molecule has 0 saturated heterocycles. The Bertz CT molecular complexity index is 615. The third kappa shape index (κ3) is 2.98. The summed E-state index contributed by atoms with van der Waals surface area (Å²) in [6, 6.07) is 2.94. The van der Waals surface area contributed by atoms with Gasteiger partial charge in [-0.3, -0.25) is 4.79 Å². The van der Waals surface area contributed by atoms with Crippen molar-refractivity contribution in [1.82, 2.24) is 15.0 Å². The number of nitrogens with zero attached hydrogens (tertiary/aromatic N) is 2. The number of H-pyrrole nitrogens is 1. The number of nitrogens with two attached hydrogens (primary N) is 2. The van der Waals surface area contributed by atoms with Gasteiger partial charge in [0.25, 0.3) is 5.56 Å². The Kier molecular flexibility index (Phi) is 3.34. The lowest BCUT2D eigenvalue weighted by molar-refractivity contribution is 0.939. The Labute approximate surface area is 109 Å². The van der Waals surface area contributed by atoms with E-state index in [0.717, 1.165) is 4.47 Å². The average Bonchev–Trinajstić information content (AvgIpc) is 2.21. The molecule has 2 aromatic rings. The van der Waals surface area contributed by atoms with E-state index in [1.807, 2.05) is 0 Å². The van der Waals surface area contributed by atoms with Crippen molar-refractivity contribution in [3.05, 3.63) is 33.2 Å². The molecule has 2 aromatic heterocycles. The number of nitrogens with one attached hydrogen (secondary N) is 1. The molecule has 0 bridgehead atoms. The SMILES string of the molecule is Nc1cnc(Sc2nc(N)cc(=O)[nH]2)c(Br)c1. The lowest BCUT2D eigenvalue weighted by Crippen LogP contribution is -2.09. The van der Waals surface area contributed by atoms with E-state index in [1.54, 1.807) is 6.07 Å². The van der Waals surface area contributed by atoms with Crippen LogP contribution in [0, 0.1) is 0 Å². The molecule has 0 unspecified atom stereocenters. The van der Waals surface area contributed by atoms with Crippen LogP contribution < -0.4 is 17.0 Å². The molecule has 0 spiro atoms. The van der Waals surface area contributed by atoms with Gasteiger partial charge < -0.3 is 16.5 Å². The monoisotopic (exact) mass is 313 g/mol. The van der Waals surface area contributed by atoms with E-state index in [9.17, 15) is 4.79 Å². The predicted molar refractivity (Wildman–Crippen MR) is 69.7 cm³/mol. The van der Waals surface area contributed by atoms with Gasteiger partial charge in [0, 0.05) is 6.07 Å². The third-order valence-electron chi connectivity index (χ3n) is 1.76. The molecule has 0 fully saturated rings. The molecule has 2 rings (SSSR count). The number of anilines is 2. The van der Waals surface area contributed by atoms with Crippen molar-refractivity contribution in [2.45, 2.75) is 10.2 Å². The average molecular weight is 314 g/mol. The van der Waals surface area contributed by atoms with Gasteiger partial charge in [-0.25, -0.2) is 9.97 Å². The third-order valence-corrected chi connectivity index (χ3v) is 3.53. The smallest absolute Gasteiger partial charge is 0.253 e. The molecule has 17 heavy (non-hydrogen) atoms. The van der Waals surface area contributed by atoms with Crippen LogP contribution in [0.1, 0.15) is 0 Å². The van der Waals surface area contributed by atoms with Crippen LogP contribution in [0.5, 0.6) is 0 Å². The second-order valence-electron chi connectivity index (χ2n) is 3.13. The first kappa shape index (κ1) is 11.9. The van der Waals surface area contributed by atoms with E-state index in [4.69, 9.17) is 11.5 Å². The van der Waals surface area contributed by atoms with Gasteiger partial charge in [0.2, 0.25) is 0 Å². The van der Waals surface area contributed by atoms with Crippen molar-refractivity contribution in [1.29, 1.82) is 0 Å². The van der Waals surface area contributed by atoms with E-state index in [0.29, 0.717) is 15.9 Å². The molecule has 2 heterocycles. The lowest BCUT2D eigenvalue weighted by Gasteiger charge is -2.03. The van der Waals surface area contributed by atoms with Crippen LogP contribution in [0.2, 0.25) is 0 Å². The molecule has 0 saturated carbocycles. The van der Waals surface area contributed by atoms with Crippen molar-refractivity contribution in [3.8, 4) is 0 Å². The largest absolute Gasteiger partial charge is 0.397 e. The summed E-state index contributed by atoms with van der Waals surface area (Å²) in [5.74, 6) is 0.169. The molecule has 0 aliphatic heterocycles. The Hall–Kier alpha value is -1.54. The summed E-state index contributed by atoms with van der Waals surface area (Å²) in [6.07, 6.45) is 1.53. The van der Waals surface area contributed by atoms with Gasteiger partial charge in [-0.05, 0) is 33.8 Å². The maximum atomic E-state index is 11.2. The highest BCUT2D eigenvalue weighted by molar-refractivity contribution is 9.10. The van der Waals surface area contributed by atoms with Crippen molar-refractivity contribution in [2.24, 2.45) is 0 Å². The molecular formula is C9H8BrN5OS. The molecular weight excluding hydrogens is 306 g/mol. The van der Waals surface area contributed by atoms with Gasteiger partial charge in [-0.15, -0.1) is 0 Å². The number of pyridine rings is 1. The van der Waals surface area contributed by atoms with Crippen LogP contribution in [0.25, 0.3) is 0 Å². The number of halogens is 1. The summed E-state index contributed by atoms with van der Waals surface area (Å²) in [5, 5.41) is 1.03. The van der Waals surface area contributed by atoms with Gasteiger partial charge in [-0.2, -0.15) is 0 Å². The maximum absolute atomic E-state index is 11.2. The van der Waals surface area contributed by atoms with Gasteiger partial charge in [-0.1, -0.05) is 0 Å². The molecule has 0 aromatic carbocycles. The molecule has 0 radical (unpaired) electrons. The first-order valence-electron chi connectivity index (χ1n) is 4.50. The molecule has 88 valence electrons. The van der Waals surface area contributed by atoms with Crippen LogP contribution in [0.15, 0.2) is 37.8 Å². The van der Waals surface area contributed by atoms with Crippen LogP contribution >= 0.6 is 27.7 Å². The van der Waals surface area contributed by atoms with Gasteiger partial charge in [0.05, 0.1) is 16.4 Å². The quantitative estimate of drug-likeness (QED) is 0.719. The number of aromatic nitrogens is 3. The Morgan fingerprint density at radius 3 is 2.76 bits per heavy atom. The Morgan fingerprint density at radius 2 is 2.12 bits per heavy atom. The van der Waals surface area contributed by atoms with Crippen molar-refractivity contribution in [2.75, 3.05) is 11.5 Å². The van der Waals surface area contributed by atoms with E-state index in [2.05, 4.69) is 30.9 Å². The first-order chi connectivity index (χ1) is 8.04. The molecule has 5 N–H and O–H groups in total. The fraction of sp³-hybridized carbons (Fsp3) is 0. The topological polar surface area (TPSA) is 111 Å². The van der Waals surface area contributed by atoms with Crippen molar-refractivity contribution in [3.63, 3.8) is 0 Å². The minimum absolute atomic E-state index is 0.169. The van der Waals surface area contributed by atoms with Gasteiger partial charge in [0.15, 0.2) is 5.16 Å². The summed E-state index contributed by atoms with van der Waals surface area (Å²) in [5.41, 5.74) is 11.3. The van der Waals surface area contributed by atoms with E-state index in [1.165, 1.54) is 24.0 Å². The zero-order chi connectivity index (χ0) is 12.4. The number of nitrogen functional groups attached to an aromatic ring is 2. The van der Waals surface area contributed by atoms with Crippen molar-refractivity contribution >= 4 is 39.2 Å². The summed E-state index contributed by atoms with van der Waals surface area (Å²) in [7, 11) is 0. The molecule has 0 amide bonds. The normalized spacial score (nSPS) is 10.4. The fourth-order valence-corrected chi connectivity index (χ4v) is 2.47. The second kappa shape index (κ2) is 4.76. The summed E-state index contributed by atoms with van der Waals surface area (Å²) in [6.45, 7) is 0. The van der Waals surface area contributed by atoms with Crippen LogP contribution in [0.3, 0.4) is 0 Å². The summed E-state index contributed by atoms with van der Waals surface area (Å²) < 4.78 is 0.729. The molecule has 0 atom stereocenters. The Balaban J connectivity index is 2.34. The first-order valence-corrected chi connectivity index (χ1v) is 6.11. The maximum Gasteiger partial charge on any atom is 0.253 e. The molecule has 0 aliphatic rings. The predicted octanol–water partition coefficient (Wildman–Crippen LogP) is 1.24. The fourth-order valence-electron chi connectivity index (χ4n) is 1.11. The van der Waals surface area contributed by atoms with E-state index < -0.39 is 0 Å². The second-order valence-corrected chi connectivity index (χ2v) is 4.96. The minimum Gasteiger partial charge on any atom is -0.397 e. The molecule has 6 nitrogen and oxygen atoms in total. The van der Waals surface area contributed by atoms with Gasteiger partial charge >= 0.3 is 0 Å². The van der Waals surface area contributed by atoms with Crippen LogP contribution in [0.4, 0.5) is 11.5 Å². The lowest BCUT2D eigenvalue weighted by atomic mass is 10.4. The number of rotatable bonds is 2. The van der Waals surface area contributed by atoms with Crippen LogP contribution in [-0.2, 0) is 0 Å². The highest BCUT2D eigenvalue weighted by atomic mass is 79.9. The number of hydrogen-bond donors (Lipinski definition) is 3. The zero-order valence-electron chi connectivity index (χ0n) is 8.48. The number of hydrogen-bond acceptors (Lipinski definition) is 6. The highest BCUT2D eigenvalue weighted by Gasteiger charge is 2.07. The Morgan fingerprint density at radius 1 is 1.35 bits per heavy atom. The highest BCUT2D eigenvalue weighted by Crippen LogP contribution is 2.30. The molecule has 8 heteroatoms. The molecule has 0 aliphatic carbocycles. The van der Waals surface area contributed by atoms with Crippen molar-refractivity contribution < 1.29 is 0 Å². The summed E-state index contributed by atoms with van der Waals surface area (Å²) >= 11 is 4.52. The zero-order valence-corrected chi connectivity index (χ0v) is 10.9. The minimum atomic E-state index is -0.299. The summed E-state index contributed by atoms with van der Waals surface area (Å²) in [4.78, 5) is 21.9.